The van der Waals surface area contributed by atoms with Crippen LogP contribution in [-0.2, 0) is 32.0 Å². The molecular formula is C25H27F3N2O10. The smallest absolute Gasteiger partial charge is 0.416 e. The summed E-state index contributed by atoms with van der Waals surface area (Å²) in [5.41, 5.74) is -1.28. The third-order valence-electron chi connectivity index (χ3n) is 5.87. The van der Waals surface area contributed by atoms with Crippen LogP contribution in [0.2, 0.25) is 0 Å². The van der Waals surface area contributed by atoms with Crippen molar-refractivity contribution >= 4 is 17.4 Å². The maximum atomic E-state index is 13.5. The first-order valence-electron chi connectivity index (χ1n) is 11.7. The van der Waals surface area contributed by atoms with Crippen LogP contribution in [0.4, 0.5) is 13.2 Å². The first-order chi connectivity index (χ1) is 18.9. The van der Waals surface area contributed by atoms with Gasteiger partial charge in [-0.1, -0.05) is 34.6 Å². The Hall–Kier alpha value is -3.76. The van der Waals surface area contributed by atoms with Gasteiger partial charge in [0.1, 0.15) is 43.9 Å². The van der Waals surface area contributed by atoms with Gasteiger partial charge in [0.15, 0.2) is 5.71 Å². The van der Waals surface area contributed by atoms with Crippen LogP contribution in [0.3, 0.4) is 0 Å². The summed E-state index contributed by atoms with van der Waals surface area (Å²) in [6.45, 7) is 0.279. The molecule has 1 aliphatic heterocycles. The normalized spacial score (nSPS) is 24.0. The molecule has 2 aromatic rings. The van der Waals surface area contributed by atoms with Crippen LogP contribution < -0.4 is 4.74 Å². The number of rotatable bonds is 10. The number of aliphatic hydroxyl groups excluding tert-OH is 4. The van der Waals surface area contributed by atoms with E-state index >= 15 is 0 Å². The van der Waals surface area contributed by atoms with E-state index in [0.717, 1.165) is 18.2 Å². The summed E-state index contributed by atoms with van der Waals surface area (Å²) in [4.78, 5) is 21.5. The first-order valence-corrected chi connectivity index (χ1v) is 11.7. The van der Waals surface area contributed by atoms with Gasteiger partial charge in [-0.25, -0.2) is 4.79 Å². The summed E-state index contributed by atoms with van der Waals surface area (Å²) >= 11 is 0. The number of carboxylic acid groups (broad SMARTS) is 1. The number of carboxylic acids is 1. The van der Waals surface area contributed by atoms with E-state index in [9.17, 15) is 43.5 Å². The zero-order valence-electron chi connectivity index (χ0n) is 21.1. The van der Waals surface area contributed by atoms with Gasteiger partial charge in [-0.3, -0.25) is 0 Å². The minimum atomic E-state index is -4.73. The van der Waals surface area contributed by atoms with Gasteiger partial charge < -0.3 is 44.7 Å². The topological polar surface area (TPSA) is 180 Å². The fourth-order valence-electron chi connectivity index (χ4n) is 3.80. The molecule has 15 heteroatoms. The van der Waals surface area contributed by atoms with Crippen molar-refractivity contribution in [3.05, 3.63) is 64.7 Å². The molecule has 1 saturated heterocycles. The molecule has 3 rings (SSSR count). The van der Waals surface area contributed by atoms with Gasteiger partial charge in [0.05, 0.1) is 17.9 Å². The van der Waals surface area contributed by atoms with Crippen molar-refractivity contribution in [1.82, 2.24) is 0 Å². The second-order valence-electron chi connectivity index (χ2n) is 8.56. The minimum absolute atomic E-state index is 0.104. The van der Waals surface area contributed by atoms with E-state index in [2.05, 4.69) is 15.1 Å². The Kier molecular flexibility index (Phi) is 10.1. The van der Waals surface area contributed by atoms with Crippen LogP contribution in [0, 0.1) is 0 Å². The highest BCUT2D eigenvalue weighted by Gasteiger charge is 2.45. The Balaban J connectivity index is 1.91. The number of hydrogen-bond donors (Lipinski definition) is 5. The van der Waals surface area contributed by atoms with Crippen molar-refractivity contribution in [2.75, 3.05) is 13.7 Å². The lowest BCUT2D eigenvalue weighted by molar-refractivity contribution is -0.277. The fraction of sp³-hybridized carbons (Fsp3) is 0.400. The van der Waals surface area contributed by atoms with Gasteiger partial charge in [0.2, 0.25) is 6.29 Å². The quantitative estimate of drug-likeness (QED) is 0.206. The predicted octanol–water partition coefficient (Wildman–Crippen LogP) is 1.26. The number of aliphatic hydroxyl groups is 4. The zero-order valence-corrected chi connectivity index (χ0v) is 21.1. The minimum Gasteiger partial charge on any atom is -0.476 e. The molecule has 0 aliphatic carbocycles. The predicted molar refractivity (Wildman–Crippen MR) is 130 cm³/mol. The van der Waals surface area contributed by atoms with Gasteiger partial charge in [-0.15, -0.1) is 0 Å². The van der Waals surface area contributed by atoms with Gasteiger partial charge in [0.25, 0.3) is 0 Å². The summed E-state index contributed by atoms with van der Waals surface area (Å²) < 4.78 is 51.2. The molecule has 12 nitrogen and oxygen atoms in total. The van der Waals surface area contributed by atoms with Gasteiger partial charge >= 0.3 is 12.1 Å². The van der Waals surface area contributed by atoms with Crippen LogP contribution in [0.25, 0.3) is 0 Å². The second kappa shape index (κ2) is 13.1. The lowest BCUT2D eigenvalue weighted by Gasteiger charge is -2.39. The standard InChI is InChI=1S/C25H27F3N2O10/c1-12(29-38-11-13-5-3-4-6-15(13)19(23(35)36)30-37-2)16-9-14(25(26,27)28)7-8-17(16)39-24-22(34)21(33)20(32)18(10-31)40-24/h3-9,18,20-22,24,31-34H,10-11H2,1-2H3,(H,35,36)/b29-12+,30-19+/t18-,20-,21+,22-,24-/m1/s1. The van der Waals surface area contributed by atoms with Gasteiger partial charge in [-0.05, 0) is 25.1 Å². The molecule has 0 radical (unpaired) electrons. The molecule has 1 aliphatic rings. The van der Waals surface area contributed by atoms with E-state index in [4.69, 9.17) is 14.3 Å². The third-order valence-corrected chi connectivity index (χ3v) is 5.87. The van der Waals surface area contributed by atoms with Gasteiger partial charge in [0, 0.05) is 16.7 Å². The van der Waals surface area contributed by atoms with E-state index in [1.807, 2.05) is 0 Å². The number of aliphatic carboxylic acids is 1. The number of ether oxygens (including phenoxy) is 2. The number of nitrogens with zero attached hydrogens (tertiary/aromatic N) is 2. The maximum absolute atomic E-state index is 13.5. The Morgan fingerprint density at radius 1 is 1.02 bits per heavy atom. The molecule has 218 valence electrons. The summed E-state index contributed by atoms with van der Waals surface area (Å²) in [6.07, 6.45) is -13.0. The summed E-state index contributed by atoms with van der Waals surface area (Å²) in [6, 6.07) is 8.55. The van der Waals surface area contributed by atoms with Gasteiger partial charge in [-0.2, -0.15) is 13.2 Å². The molecule has 1 heterocycles. The van der Waals surface area contributed by atoms with Crippen LogP contribution in [-0.4, -0.2) is 87.3 Å². The summed E-state index contributed by atoms with van der Waals surface area (Å²) in [7, 11) is 1.18. The van der Waals surface area contributed by atoms with Crippen LogP contribution in [0.5, 0.6) is 5.75 Å². The monoisotopic (exact) mass is 572 g/mol. The Morgan fingerprint density at radius 2 is 1.73 bits per heavy atom. The fourth-order valence-corrected chi connectivity index (χ4v) is 3.80. The molecule has 1 fully saturated rings. The van der Waals surface area contributed by atoms with E-state index in [1.165, 1.54) is 26.2 Å². The van der Waals surface area contributed by atoms with Crippen molar-refractivity contribution in [2.45, 2.75) is 50.4 Å². The molecule has 0 bridgehead atoms. The molecule has 0 spiro atoms. The number of hydrogen-bond acceptors (Lipinski definition) is 11. The highest BCUT2D eigenvalue weighted by atomic mass is 19.4. The van der Waals surface area contributed by atoms with Crippen molar-refractivity contribution in [3.8, 4) is 5.75 Å². The molecule has 40 heavy (non-hydrogen) atoms. The number of oxime groups is 2. The van der Waals surface area contributed by atoms with Crippen molar-refractivity contribution in [3.63, 3.8) is 0 Å². The molecule has 0 unspecified atom stereocenters. The van der Waals surface area contributed by atoms with E-state index in [0.29, 0.717) is 5.56 Å². The largest absolute Gasteiger partial charge is 0.476 e. The highest BCUT2D eigenvalue weighted by molar-refractivity contribution is 6.42. The van der Waals surface area contributed by atoms with Crippen LogP contribution in [0.15, 0.2) is 52.8 Å². The number of halogens is 3. The Bertz CT molecular complexity index is 1250. The first kappa shape index (κ1) is 30.8. The molecule has 0 amide bonds. The average molecular weight is 572 g/mol. The molecule has 5 N–H and O–H groups in total. The van der Waals surface area contributed by atoms with Crippen molar-refractivity contribution in [2.24, 2.45) is 10.3 Å². The molecule has 5 atom stereocenters. The Labute approximate surface area is 225 Å². The van der Waals surface area contributed by atoms with Crippen LogP contribution >= 0.6 is 0 Å². The van der Waals surface area contributed by atoms with Crippen molar-refractivity contribution < 1.29 is 62.6 Å². The average Bonchev–Trinajstić information content (AvgIpc) is 2.91. The second-order valence-corrected chi connectivity index (χ2v) is 8.56. The van der Waals surface area contributed by atoms with Crippen LogP contribution in [0.1, 0.15) is 29.2 Å². The number of carbonyl (C=O) groups is 1. The van der Waals surface area contributed by atoms with E-state index in [-0.39, 0.29) is 29.2 Å². The molecular weight excluding hydrogens is 545 g/mol. The lowest BCUT2D eigenvalue weighted by atomic mass is 9.99. The summed E-state index contributed by atoms with van der Waals surface area (Å²) in [5, 5.41) is 56.4. The van der Waals surface area contributed by atoms with E-state index in [1.54, 1.807) is 12.1 Å². The Morgan fingerprint density at radius 3 is 2.35 bits per heavy atom. The highest BCUT2D eigenvalue weighted by Crippen LogP contribution is 2.34. The maximum Gasteiger partial charge on any atom is 0.416 e. The summed E-state index contributed by atoms with van der Waals surface area (Å²) in [5.74, 6) is -1.61. The molecule has 2 aromatic carbocycles. The SMILES string of the molecule is CO/N=C(/C(=O)O)c1ccccc1CO/N=C(\C)c1cc(C(F)(F)F)ccc1O[C@@H]1O[C@H](CO)[C@@H](O)[C@H](O)[C@H]1O. The number of alkyl halides is 3. The van der Waals surface area contributed by atoms with E-state index < -0.39 is 60.7 Å². The molecule has 0 saturated carbocycles. The zero-order chi connectivity index (χ0) is 29.6. The lowest BCUT2D eigenvalue weighted by Crippen LogP contribution is -2.60. The van der Waals surface area contributed by atoms with Crippen molar-refractivity contribution in [1.29, 1.82) is 0 Å². The molecule has 0 aromatic heterocycles. The third kappa shape index (κ3) is 7.05. The number of benzene rings is 2.